The number of aromatic nitrogens is 2. The molecule has 0 bridgehead atoms. The SMILES string of the molecule is CC[C@H](c1ncccn1)N1C(=O)[C@](C)(CC(=O)O)C[C@H](c2cccc(Cl)c2)[C@H]1c1ccc(Cl)cc1. The van der Waals surface area contributed by atoms with Crippen molar-refractivity contribution in [3.63, 3.8) is 0 Å². The number of carboxylic acid groups (broad SMARTS) is 1. The number of halogens is 2. The number of aliphatic carboxylic acids is 1. The first-order chi connectivity index (χ1) is 16.7. The Morgan fingerprint density at radius 2 is 1.77 bits per heavy atom. The van der Waals surface area contributed by atoms with Crippen LogP contribution < -0.4 is 0 Å². The molecule has 2 heterocycles. The second kappa shape index (κ2) is 10.3. The van der Waals surface area contributed by atoms with Crippen LogP contribution in [0.3, 0.4) is 0 Å². The molecule has 182 valence electrons. The van der Waals surface area contributed by atoms with Crippen molar-refractivity contribution in [1.82, 2.24) is 14.9 Å². The molecule has 1 aliphatic rings. The third-order valence-electron chi connectivity index (χ3n) is 6.74. The van der Waals surface area contributed by atoms with Crippen LogP contribution in [0.15, 0.2) is 67.0 Å². The zero-order valence-electron chi connectivity index (χ0n) is 19.6. The number of amides is 1. The summed E-state index contributed by atoms with van der Waals surface area (Å²) in [5.74, 6) is -0.932. The van der Waals surface area contributed by atoms with E-state index in [-0.39, 0.29) is 18.2 Å². The molecule has 35 heavy (non-hydrogen) atoms. The van der Waals surface area contributed by atoms with Crippen LogP contribution >= 0.6 is 23.2 Å². The third kappa shape index (κ3) is 5.19. The van der Waals surface area contributed by atoms with Gasteiger partial charge >= 0.3 is 5.97 Å². The van der Waals surface area contributed by atoms with Crippen molar-refractivity contribution >= 4 is 35.1 Å². The molecule has 1 aromatic heterocycles. The number of hydrogen-bond acceptors (Lipinski definition) is 4. The molecule has 0 saturated carbocycles. The summed E-state index contributed by atoms with van der Waals surface area (Å²) < 4.78 is 0. The first-order valence-corrected chi connectivity index (χ1v) is 12.3. The van der Waals surface area contributed by atoms with Gasteiger partial charge in [-0.15, -0.1) is 0 Å². The summed E-state index contributed by atoms with van der Waals surface area (Å²) in [4.78, 5) is 36.8. The number of nitrogens with zero attached hydrogens (tertiary/aromatic N) is 3. The number of carbonyl (C=O) groups is 2. The van der Waals surface area contributed by atoms with Crippen LogP contribution in [0.5, 0.6) is 0 Å². The van der Waals surface area contributed by atoms with Crippen LogP contribution in [-0.2, 0) is 9.59 Å². The van der Waals surface area contributed by atoms with E-state index in [1.165, 1.54) is 0 Å². The minimum absolute atomic E-state index is 0.213. The van der Waals surface area contributed by atoms with Crippen molar-refractivity contribution in [1.29, 1.82) is 0 Å². The first kappa shape index (κ1) is 25.1. The highest BCUT2D eigenvalue weighted by Gasteiger charge is 2.52. The predicted octanol–water partition coefficient (Wildman–Crippen LogP) is 6.47. The fourth-order valence-corrected chi connectivity index (χ4v) is 5.53. The highest BCUT2D eigenvalue weighted by Crippen LogP contribution is 2.53. The van der Waals surface area contributed by atoms with Gasteiger partial charge in [0.25, 0.3) is 0 Å². The van der Waals surface area contributed by atoms with Gasteiger partial charge < -0.3 is 10.0 Å². The molecular formula is C27H27Cl2N3O3. The van der Waals surface area contributed by atoms with Crippen LogP contribution in [0.4, 0.5) is 0 Å². The molecule has 0 spiro atoms. The first-order valence-electron chi connectivity index (χ1n) is 11.6. The van der Waals surface area contributed by atoms with Crippen LogP contribution in [0, 0.1) is 5.41 Å². The van der Waals surface area contributed by atoms with E-state index < -0.39 is 23.5 Å². The predicted molar refractivity (Wildman–Crippen MR) is 135 cm³/mol. The number of rotatable bonds is 7. The molecule has 1 fully saturated rings. The Morgan fingerprint density at radius 1 is 1.09 bits per heavy atom. The summed E-state index contributed by atoms with van der Waals surface area (Å²) in [6, 6.07) is 15.9. The van der Waals surface area contributed by atoms with Gasteiger partial charge in [-0.1, -0.05) is 61.3 Å². The zero-order chi connectivity index (χ0) is 25.2. The summed E-state index contributed by atoms with van der Waals surface area (Å²) in [6.07, 6.45) is 3.95. The molecule has 2 aromatic carbocycles. The number of benzene rings is 2. The van der Waals surface area contributed by atoms with Gasteiger partial charge in [0.2, 0.25) is 5.91 Å². The Balaban J connectivity index is 1.95. The summed E-state index contributed by atoms with van der Waals surface area (Å²) in [5.41, 5.74) is 0.721. The Morgan fingerprint density at radius 3 is 2.37 bits per heavy atom. The molecule has 0 radical (unpaired) electrons. The molecular weight excluding hydrogens is 485 g/mol. The lowest BCUT2D eigenvalue weighted by molar-refractivity contribution is -0.161. The van der Waals surface area contributed by atoms with Crippen LogP contribution in [0.2, 0.25) is 10.0 Å². The smallest absolute Gasteiger partial charge is 0.304 e. The monoisotopic (exact) mass is 511 g/mol. The second-order valence-electron chi connectivity index (χ2n) is 9.24. The third-order valence-corrected chi connectivity index (χ3v) is 7.23. The van der Waals surface area contributed by atoms with E-state index in [1.54, 1.807) is 48.5 Å². The van der Waals surface area contributed by atoms with Gasteiger partial charge in [0.1, 0.15) is 0 Å². The largest absolute Gasteiger partial charge is 0.481 e. The maximum atomic E-state index is 14.2. The van der Waals surface area contributed by atoms with Gasteiger partial charge in [0.15, 0.2) is 5.82 Å². The van der Waals surface area contributed by atoms with E-state index in [0.717, 1.165) is 11.1 Å². The van der Waals surface area contributed by atoms with E-state index in [4.69, 9.17) is 23.2 Å². The zero-order valence-corrected chi connectivity index (χ0v) is 21.1. The van der Waals surface area contributed by atoms with Crippen molar-refractivity contribution in [2.75, 3.05) is 0 Å². The molecule has 0 unspecified atom stereocenters. The molecule has 1 N–H and O–H groups in total. The molecule has 4 atom stereocenters. The van der Waals surface area contributed by atoms with Gasteiger partial charge in [-0.25, -0.2) is 9.97 Å². The molecule has 1 aliphatic heterocycles. The maximum absolute atomic E-state index is 14.2. The standard InChI is InChI=1S/C27H27Cl2N3O3/c1-3-22(25-30-12-5-13-31-25)32-24(17-8-10-19(28)11-9-17)21(18-6-4-7-20(29)14-18)15-27(2,26(32)35)16-23(33)34/h4-14,21-22,24H,3,15-16H2,1-2H3,(H,33,34)/t21-,22-,24-,27+/m1/s1. The average Bonchev–Trinajstić information content (AvgIpc) is 2.83. The number of hydrogen-bond donors (Lipinski definition) is 1. The number of piperidine rings is 1. The van der Waals surface area contributed by atoms with Gasteiger partial charge in [0, 0.05) is 28.4 Å². The van der Waals surface area contributed by atoms with Crippen LogP contribution in [0.25, 0.3) is 0 Å². The van der Waals surface area contributed by atoms with Crippen molar-refractivity contribution in [2.45, 2.75) is 51.1 Å². The lowest BCUT2D eigenvalue weighted by atomic mass is 9.67. The van der Waals surface area contributed by atoms with Gasteiger partial charge in [0.05, 0.1) is 23.9 Å². The molecule has 3 aromatic rings. The Bertz CT molecular complexity index is 1210. The molecule has 1 amide bonds. The summed E-state index contributed by atoms with van der Waals surface area (Å²) in [5, 5.41) is 10.9. The minimum atomic E-state index is -1.12. The molecule has 1 saturated heterocycles. The van der Waals surface area contributed by atoms with E-state index in [0.29, 0.717) is 28.7 Å². The Labute approximate surface area is 214 Å². The maximum Gasteiger partial charge on any atom is 0.304 e. The summed E-state index contributed by atoms with van der Waals surface area (Å²) in [7, 11) is 0. The van der Waals surface area contributed by atoms with Crippen LogP contribution in [-0.4, -0.2) is 31.9 Å². The topological polar surface area (TPSA) is 83.4 Å². The van der Waals surface area contributed by atoms with E-state index in [1.807, 2.05) is 37.3 Å². The highest BCUT2D eigenvalue weighted by atomic mass is 35.5. The molecule has 0 aliphatic carbocycles. The molecule has 6 nitrogen and oxygen atoms in total. The highest BCUT2D eigenvalue weighted by molar-refractivity contribution is 6.30. The van der Waals surface area contributed by atoms with Crippen molar-refractivity contribution < 1.29 is 14.7 Å². The van der Waals surface area contributed by atoms with E-state index in [2.05, 4.69) is 9.97 Å². The Hall–Kier alpha value is -2.96. The fraction of sp³-hybridized carbons (Fsp3) is 0.333. The lowest BCUT2D eigenvalue weighted by Crippen LogP contribution is -2.53. The van der Waals surface area contributed by atoms with Gasteiger partial charge in [-0.05, 0) is 54.3 Å². The second-order valence-corrected chi connectivity index (χ2v) is 10.1. The lowest BCUT2D eigenvalue weighted by Gasteiger charge is -2.51. The molecule has 8 heteroatoms. The summed E-state index contributed by atoms with van der Waals surface area (Å²) in [6.45, 7) is 3.72. The number of carbonyl (C=O) groups excluding carboxylic acids is 1. The van der Waals surface area contributed by atoms with Crippen molar-refractivity contribution in [2.24, 2.45) is 5.41 Å². The van der Waals surface area contributed by atoms with E-state index in [9.17, 15) is 14.7 Å². The fourth-order valence-electron chi connectivity index (χ4n) is 5.21. The number of likely N-dealkylation sites (tertiary alicyclic amines) is 1. The van der Waals surface area contributed by atoms with Gasteiger partial charge in [-0.2, -0.15) is 0 Å². The Kier molecular flexibility index (Phi) is 7.43. The quantitative estimate of drug-likeness (QED) is 0.392. The molecule has 4 rings (SSSR count). The van der Waals surface area contributed by atoms with Crippen LogP contribution in [0.1, 0.15) is 68.1 Å². The van der Waals surface area contributed by atoms with E-state index >= 15 is 0 Å². The van der Waals surface area contributed by atoms with Gasteiger partial charge in [-0.3, -0.25) is 9.59 Å². The average molecular weight is 512 g/mol. The number of carboxylic acids is 1. The van der Waals surface area contributed by atoms with Crippen molar-refractivity contribution in [3.05, 3.63) is 94.0 Å². The normalized spacial score (nSPS) is 23.2. The van der Waals surface area contributed by atoms with Crippen molar-refractivity contribution in [3.8, 4) is 0 Å². The minimum Gasteiger partial charge on any atom is -0.481 e. The summed E-state index contributed by atoms with van der Waals surface area (Å²) >= 11 is 12.6.